The van der Waals surface area contributed by atoms with Crippen LogP contribution in [-0.2, 0) is 4.79 Å². The third-order valence-corrected chi connectivity index (χ3v) is 4.52. The van der Waals surface area contributed by atoms with E-state index in [9.17, 15) is 14.7 Å². The average Bonchev–Trinajstić information content (AvgIpc) is 3.18. The summed E-state index contributed by atoms with van der Waals surface area (Å²) in [7, 11) is 1.58. The lowest BCUT2D eigenvalue weighted by Crippen LogP contribution is -2.30. The fourth-order valence-corrected chi connectivity index (χ4v) is 3.02. The molecule has 3 rings (SSSR count). The summed E-state index contributed by atoms with van der Waals surface area (Å²) in [5.74, 6) is -0.805. The van der Waals surface area contributed by atoms with Crippen molar-refractivity contribution in [2.24, 2.45) is 0 Å². The van der Waals surface area contributed by atoms with Crippen LogP contribution in [0.2, 0.25) is 5.02 Å². The number of halogens is 1. The summed E-state index contributed by atoms with van der Waals surface area (Å²) in [4.78, 5) is 23.9. The second-order valence-electron chi connectivity index (χ2n) is 6.04. The van der Waals surface area contributed by atoms with Gasteiger partial charge in [-0.05, 0) is 42.0 Å². The molecular weight excluding hydrogens is 382 g/mol. The number of methoxy groups -OCH3 is 1. The van der Waals surface area contributed by atoms with Crippen molar-refractivity contribution < 1.29 is 19.4 Å². The van der Waals surface area contributed by atoms with Gasteiger partial charge in [-0.25, -0.2) is 0 Å². The van der Waals surface area contributed by atoms with E-state index in [0.29, 0.717) is 22.0 Å². The van der Waals surface area contributed by atoms with Crippen molar-refractivity contribution in [3.05, 3.63) is 70.9 Å². The van der Waals surface area contributed by atoms with Crippen molar-refractivity contribution in [1.29, 1.82) is 0 Å². The summed E-state index contributed by atoms with van der Waals surface area (Å²) >= 11 is 6.17. The number of rotatable bonds is 7. The molecule has 1 aromatic heterocycles. The summed E-state index contributed by atoms with van der Waals surface area (Å²) in [6.07, 6.45) is -0.297. The first kappa shape index (κ1) is 19.4. The number of nitrogens with one attached hydrogen (secondary N) is 2. The molecule has 28 heavy (non-hydrogen) atoms. The number of hydrogen-bond acceptors (Lipinski definition) is 4. The van der Waals surface area contributed by atoms with E-state index in [1.54, 1.807) is 49.6 Å². The first-order valence-electron chi connectivity index (χ1n) is 8.45. The van der Waals surface area contributed by atoms with Crippen LogP contribution < -0.4 is 10.1 Å². The molecule has 0 aliphatic carbocycles. The zero-order valence-corrected chi connectivity index (χ0v) is 15.7. The lowest BCUT2D eigenvalue weighted by Gasteiger charge is -2.18. The molecule has 0 aliphatic heterocycles. The van der Waals surface area contributed by atoms with Gasteiger partial charge in [-0.15, -0.1) is 0 Å². The number of aromatic amines is 1. The molecule has 0 aliphatic rings. The largest absolute Gasteiger partial charge is 0.497 e. The molecule has 0 fully saturated rings. The highest BCUT2D eigenvalue weighted by atomic mass is 35.5. The van der Waals surface area contributed by atoms with Gasteiger partial charge in [0, 0.05) is 10.6 Å². The van der Waals surface area contributed by atoms with Crippen molar-refractivity contribution in [2.75, 3.05) is 7.11 Å². The van der Waals surface area contributed by atoms with E-state index in [0.717, 1.165) is 5.56 Å². The van der Waals surface area contributed by atoms with E-state index in [4.69, 9.17) is 16.3 Å². The van der Waals surface area contributed by atoms with E-state index in [-0.39, 0.29) is 12.1 Å². The van der Waals surface area contributed by atoms with E-state index in [2.05, 4.69) is 15.5 Å². The summed E-state index contributed by atoms with van der Waals surface area (Å²) in [5.41, 5.74) is 2.15. The Labute approximate surface area is 166 Å². The Balaban J connectivity index is 1.79. The van der Waals surface area contributed by atoms with Crippen LogP contribution in [0.1, 0.15) is 28.5 Å². The predicted octanol–water partition coefficient (Wildman–Crippen LogP) is 3.68. The highest BCUT2D eigenvalue weighted by molar-refractivity contribution is 6.31. The molecule has 1 atom stereocenters. The molecule has 8 heteroatoms. The number of hydrogen-bond donors (Lipinski definition) is 3. The summed E-state index contributed by atoms with van der Waals surface area (Å²) in [5, 5.41) is 19.1. The molecule has 0 bridgehead atoms. The van der Waals surface area contributed by atoms with E-state index in [1.165, 1.54) is 0 Å². The SMILES string of the molecule is COc1ccc(-c2cc(C(=O)N[C@@H](CC(=O)O)c3ccccc3Cl)[nH]n2)cc1. The molecule has 0 radical (unpaired) electrons. The van der Waals surface area contributed by atoms with Crippen molar-refractivity contribution in [1.82, 2.24) is 15.5 Å². The first-order valence-corrected chi connectivity index (χ1v) is 8.82. The second kappa shape index (κ2) is 8.58. The molecule has 0 unspecified atom stereocenters. The van der Waals surface area contributed by atoms with Crippen LogP contribution in [0.5, 0.6) is 5.75 Å². The Morgan fingerprint density at radius 3 is 2.57 bits per heavy atom. The minimum Gasteiger partial charge on any atom is -0.497 e. The van der Waals surface area contributed by atoms with Crippen LogP contribution in [0.25, 0.3) is 11.3 Å². The number of benzene rings is 2. The number of carboxylic acids is 1. The summed E-state index contributed by atoms with van der Waals surface area (Å²) < 4.78 is 5.12. The second-order valence-corrected chi connectivity index (χ2v) is 6.45. The quantitative estimate of drug-likeness (QED) is 0.562. The number of carbonyl (C=O) groups excluding carboxylic acids is 1. The van der Waals surface area contributed by atoms with Crippen molar-refractivity contribution >= 4 is 23.5 Å². The summed E-state index contributed by atoms with van der Waals surface area (Å²) in [6.45, 7) is 0. The molecule has 1 heterocycles. The third-order valence-electron chi connectivity index (χ3n) is 4.17. The van der Waals surface area contributed by atoms with E-state index < -0.39 is 17.9 Å². The molecule has 0 saturated heterocycles. The molecule has 3 N–H and O–H groups in total. The van der Waals surface area contributed by atoms with Gasteiger partial charge in [0.2, 0.25) is 0 Å². The fourth-order valence-electron chi connectivity index (χ4n) is 2.75. The highest BCUT2D eigenvalue weighted by Gasteiger charge is 2.22. The van der Waals surface area contributed by atoms with Gasteiger partial charge in [0.15, 0.2) is 0 Å². The van der Waals surface area contributed by atoms with Crippen LogP contribution in [0.15, 0.2) is 54.6 Å². The van der Waals surface area contributed by atoms with Crippen LogP contribution >= 0.6 is 11.6 Å². The van der Waals surface area contributed by atoms with Crippen molar-refractivity contribution in [2.45, 2.75) is 12.5 Å². The minimum atomic E-state index is -1.05. The third kappa shape index (κ3) is 4.50. The smallest absolute Gasteiger partial charge is 0.305 e. The first-order chi connectivity index (χ1) is 13.5. The Bertz CT molecular complexity index is 985. The van der Waals surface area contributed by atoms with Crippen LogP contribution in [0.3, 0.4) is 0 Å². The van der Waals surface area contributed by atoms with E-state index >= 15 is 0 Å². The standard InChI is InChI=1S/C20H18ClN3O4/c1-28-13-8-6-12(7-9-13)16-10-18(24-23-16)20(27)22-17(11-19(25)26)14-4-2-3-5-15(14)21/h2-10,17H,11H2,1H3,(H,22,27)(H,23,24)(H,25,26)/t17-/m0/s1. The van der Waals surface area contributed by atoms with Crippen molar-refractivity contribution in [3.63, 3.8) is 0 Å². The van der Waals surface area contributed by atoms with Crippen LogP contribution in [0, 0.1) is 0 Å². The number of carbonyl (C=O) groups is 2. The number of amides is 1. The van der Waals surface area contributed by atoms with Crippen LogP contribution in [0.4, 0.5) is 0 Å². The maximum Gasteiger partial charge on any atom is 0.305 e. The van der Waals surface area contributed by atoms with Gasteiger partial charge in [0.1, 0.15) is 11.4 Å². The van der Waals surface area contributed by atoms with Gasteiger partial charge in [-0.1, -0.05) is 29.8 Å². The normalized spacial score (nSPS) is 11.6. The predicted molar refractivity (Wildman–Crippen MR) is 104 cm³/mol. The van der Waals surface area contributed by atoms with E-state index in [1.807, 2.05) is 12.1 Å². The number of carboxylic acid groups (broad SMARTS) is 1. The summed E-state index contributed by atoms with van der Waals surface area (Å²) in [6, 6.07) is 14.9. The van der Waals surface area contributed by atoms with Gasteiger partial charge in [0.05, 0.1) is 25.3 Å². The van der Waals surface area contributed by atoms with Gasteiger partial charge in [-0.2, -0.15) is 5.10 Å². The number of ether oxygens (including phenoxy) is 1. The van der Waals surface area contributed by atoms with Crippen molar-refractivity contribution in [3.8, 4) is 17.0 Å². The maximum absolute atomic E-state index is 12.6. The molecule has 3 aromatic rings. The Hall–Kier alpha value is -3.32. The minimum absolute atomic E-state index is 0.216. The number of aromatic nitrogens is 2. The van der Waals surface area contributed by atoms with Crippen LogP contribution in [-0.4, -0.2) is 34.3 Å². The van der Waals surface area contributed by atoms with Gasteiger partial charge in [-0.3, -0.25) is 14.7 Å². The molecule has 0 saturated carbocycles. The maximum atomic E-state index is 12.6. The monoisotopic (exact) mass is 399 g/mol. The molecule has 2 aromatic carbocycles. The number of aliphatic carboxylic acids is 1. The zero-order valence-electron chi connectivity index (χ0n) is 15.0. The van der Waals surface area contributed by atoms with Gasteiger partial charge < -0.3 is 15.2 Å². The lowest BCUT2D eigenvalue weighted by atomic mass is 10.0. The highest BCUT2D eigenvalue weighted by Crippen LogP contribution is 2.26. The average molecular weight is 400 g/mol. The Morgan fingerprint density at radius 1 is 1.21 bits per heavy atom. The number of nitrogens with zero attached hydrogens (tertiary/aromatic N) is 1. The Kier molecular flexibility index (Phi) is 5.96. The molecule has 7 nitrogen and oxygen atoms in total. The molecule has 144 valence electrons. The number of H-pyrrole nitrogens is 1. The van der Waals surface area contributed by atoms with Gasteiger partial charge >= 0.3 is 5.97 Å². The van der Waals surface area contributed by atoms with Gasteiger partial charge in [0.25, 0.3) is 5.91 Å². The Morgan fingerprint density at radius 2 is 1.93 bits per heavy atom. The molecule has 1 amide bonds. The molecular formula is C20H18ClN3O4. The lowest BCUT2D eigenvalue weighted by molar-refractivity contribution is -0.137. The molecule has 0 spiro atoms. The zero-order chi connectivity index (χ0) is 20.1. The fraction of sp³-hybridized carbons (Fsp3) is 0.150. The topological polar surface area (TPSA) is 104 Å².